The zero-order chi connectivity index (χ0) is 17.0. The van der Waals surface area contributed by atoms with E-state index in [4.69, 9.17) is 15.2 Å². The highest BCUT2D eigenvalue weighted by molar-refractivity contribution is 5.96. The molecule has 7 heteroatoms. The van der Waals surface area contributed by atoms with Crippen LogP contribution in [0.2, 0.25) is 0 Å². The Bertz CT molecular complexity index is 595. The number of ether oxygens (including phenoxy) is 2. The molecule has 2 amide bonds. The Labute approximate surface area is 135 Å². The lowest BCUT2D eigenvalue weighted by atomic mass is 10.1. The quantitative estimate of drug-likeness (QED) is 0.843. The largest absolute Gasteiger partial charge is 0.486 e. The lowest BCUT2D eigenvalue weighted by molar-refractivity contribution is -0.138. The van der Waals surface area contributed by atoms with E-state index in [0.29, 0.717) is 36.9 Å². The maximum absolute atomic E-state index is 12.2. The van der Waals surface area contributed by atoms with E-state index in [0.717, 1.165) is 0 Å². The van der Waals surface area contributed by atoms with Gasteiger partial charge in [0.05, 0.1) is 12.1 Å². The highest BCUT2D eigenvalue weighted by atomic mass is 16.6. The number of hydrogen-bond acceptors (Lipinski definition) is 5. The first-order chi connectivity index (χ1) is 10.8. The van der Waals surface area contributed by atoms with Crippen LogP contribution in [0.15, 0.2) is 18.2 Å². The van der Waals surface area contributed by atoms with Gasteiger partial charge in [-0.1, -0.05) is 0 Å². The van der Waals surface area contributed by atoms with Crippen molar-refractivity contribution in [3.63, 3.8) is 0 Å². The molecule has 1 aromatic carbocycles. The fraction of sp³-hybridized carbons (Fsp3) is 0.500. The molecule has 1 aromatic rings. The number of nitrogens with one attached hydrogen (secondary N) is 1. The van der Waals surface area contributed by atoms with Crippen molar-refractivity contribution in [3.05, 3.63) is 18.2 Å². The Balaban J connectivity index is 2.00. The maximum Gasteiger partial charge on any atom is 0.243 e. The minimum atomic E-state index is -1.01. The van der Waals surface area contributed by atoms with Crippen molar-refractivity contribution in [2.75, 3.05) is 31.6 Å². The number of benzene rings is 1. The number of hydrogen-bond donors (Lipinski definition) is 2. The molecule has 7 nitrogen and oxygen atoms in total. The van der Waals surface area contributed by atoms with Gasteiger partial charge in [-0.3, -0.25) is 9.59 Å². The number of amides is 2. The smallest absolute Gasteiger partial charge is 0.243 e. The van der Waals surface area contributed by atoms with Gasteiger partial charge in [-0.05, 0) is 32.9 Å². The fourth-order valence-corrected chi connectivity index (χ4v) is 2.23. The van der Waals surface area contributed by atoms with Crippen molar-refractivity contribution < 1.29 is 19.1 Å². The summed E-state index contributed by atoms with van der Waals surface area (Å²) in [7, 11) is 0. The van der Waals surface area contributed by atoms with E-state index in [-0.39, 0.29) is 18.4 Å². The minimum absolute atomic E-state index is 0.0512. The predicted octanol–water partition coefficient (Wildman–Crippen LogP) is 0.982. The molecular formula is C16H23N3O4. The van der Waals surface area contributed by atoms with E-state index in [9.17, 15) is 9.59 Å². The molecular weight excluding hydrogens is 298 g/mol. The number of rotatable bonds is 5. The van der Waals surface area contributed by atoms with Crippen molar-refractivity contribution in [1.29, 1.82) is 0 Å². The first-order valence-corrected chi connectivity index (χ1v) is 7.59. The summed E-state index contributed by atoms with van der Waals surface area (Å²) in [5.74, 6) is 0.698. The Kier molecular flexibility index (Phi) is 5.10. The van der Waals surface area contributed by atoms with Gasteiger partial charge in [-0.15, -0.1) is 0 Å². The molecule has 126 valence electrons. The molecule has 0 spiro atoms. The van der Waals surface area contributed by atoms with E-state index in [2.05, 4.69) is 5.32 Å². The third-order valence-corrected chi connectivity index (χ3v) is 3.38. The standard InChI is InChI=1S/C16H23N3O4/c1-4-19(15(21)16(2,3)17)10-14(20)18-11-5-6-12-13(9-11)23-8-7-22-12/h5-6,9H,4,7-8,10,17H2,1-3H3,(H,18,20). The van der Waals surface area contributed by atoms with E-state index in [1.807, 2.05) is 0 Å². The van der Waals surface area contributed by atoms with Crippen molar-refractivity contribution in [2.24, 2.45) is 5.73 Å². The van der Waals surface area contributed by atoms with Crippen LogP contribution >= 0.6 is 0 Å². The van der Waals surface area contributed by atoms with Crippen molar-refractivity contribution in [3.8, 4) is 11.5 Å². The van der Waals surface area contributed by atoms with Crippen LogP contribution in [0.1, 0.15) is 20.8 Å². The first-order valence-electron chi connectivity index (χ1n) is 7.59. The maximum atomic E-state index is 12.2. The second kappa shape index (κ2) is 6.87. The number of carbonyl (C=O) groups excluding carboxylic acids is 2. The molecule has 0 saturated heterocycles. The number of anilines is 1. The molecule has 0 radical (unpaired) electrons. The second-order valence-electron chi connectivity index (χ2n) is 5.95. The molecule has 2 rings (SSSR count). The number of nitrogens with two attached hydrogens (primary N) is 1. The van der Waals surface area contributed by atoms with Crippen LogP contribution in [0.3, 0.4) is 0 Å². The SMILES string of the molecule is CCN(CC(=O)Nc1ccc2c(c1)OCCO2)C(=O)C(C)(C)N. The van der Waals surface area contributed by atoms with Gasteiger partial charge in [0.2, 0.25) is 11.8 Å². The van der Waals surface area contributed by atoms with Gasteiger partial charge in [-0.25, -0.2) is 0 Å². The molecule has 3 N–H and O–H groups in total. The lowest BCUT2D eigenvalue weighted by Crippen LogP contribution is -2.52. The molecule has 0 fully saturated rings. The number of fused-ring (bicyclic) bond motifs is 1. The number of nitrogens with zero attached hydrogens (tertiary/aromatic N) is 1. The summed E-state index contributed by atoms with van der Waals surface area (Å²) in [6.07, 6.45) is 0. The van der Waals surface area contributed by atoms with Gasteiger partial charge in [-0.2, -0.15) is 0 Å². The van der Waals surface area contributed by atoms with Gasteiger partial charge >= 0.3 is 0 Å². The monoisotopic (exact) mass is 321 g/mol. The first kappa shape index (κ1) is 17.1. The Morgan fingerprint density at radius 3 is 2.52 bits per heavy atom. The molecule has 1 aliphatic rings. The molecule has 0 saturated carbocycles. The van der Waals surface area contributed by atoms with Gasteiger partial charge in [0.25, 0.3) is 0 Å². The van der Waals surface area contributed by atoms with E-state index in [1.165, 1.54) is 4.90 Å². The van der Waals surface area contributed by atoms with E-state index in [1.54, 1.807) is 39.0 Å². The number of carbonyl (C=O) groups is 2. The average molecular weight is 321 g/mol. The van der Waals surface area contributed by atoms with Gasteiger partial charge in [0.15, 0.2) is 11.5 Å². The third-order valence-electron chi connectivity index (χ3n) is 3.38. The summed E-state index contributed by atoms with van der Waals surface area (Å²) < 4.78 is 10.9. The number of likely N-dealkylation sites (N-methyl/N-ethyl adjacent to an activating group) is 1. The lowest BCUT2D eigenvalue weighted by Gasteiger charge is -2.27. The summed E-state index contributed by atoms with van der Waals surface area (Å²) in [6.45, 7) is 6.40. The predicted molar refractivity (Wildman–Crippen MR) is 86.6 cm³/mol. The van der Waals surface area contributed by atoms with Crippen LogP contribution in [-0.2, 0) is 9.59 Å². The molecule has 1 aliphatic heterocycles. The molecule has 0 aliphatic carbocycles. The summed E-state index contributed by atoms with van der Waals surface area (Å²) in [4.78, 5) is 25.7. The average Bonchev–Trinajstić information content (AvgIpc) is 2.51. The Hall–Kier alpha value is -2.28. The third kappa shape index (κ3) is 4.35. The fourth-order valence-electron chi connectivity index (χ4n) is 2.23. The van der Waals surface area contributed by atoms with Gasteiger partial charge in [0, 0.05) is 18.3 Å². The molecule has 0 aromatic heterocycles. The van der Waals surface area contributed by atoms with Gasteiger partial charge < -0.3 is 25.4 Å². The molecule has 0 atom stereocenters. The van der Waals surface area contributed by atoms with Crippen LogP contribution in [0.5, 0.6) is 11.5 Å². The molecule has 23 heavy (non-hydrogen) atoms. The topological polar surface area (TPSA) is 93.9 Å². The summed E-state index contributed by atoms with van der Waals surface area (Å²) in [6, 6.07) is 5.18. The van der Waals surface area contributed by atoms with Crippen molar-refractivity contribution in [2.45, 2.75) is 26.3 Å². The van der Waals surface area contributed by atoms with Crippen molar-refractivity contribution >= 4 is 17.5 Å². The van der Waals surface area contributed by atoms with E-state index < -0.39 is 5.54 Å². The summed E-state index contributed by atoms with van der Waals surface area (Å²) in [5.41, 5.74) is 5.39. The van der Waals surface area contributed by atoms with Crippen LogP contribution in [0.4, 0.5) is 5.69 Å². The van der Waals surface area contributed by atoms with E-state index >= 15 is 0 Å². The zero-order valence-electron chi connectivity index (χ0n) is 13.7. The van der Waals surface area contributed by atoms with Crippen molar-refractivity contribution in [1.82, 2.24) is 4.90 Å². The summed E-state index contributed by atoms with van der Waals surface area (Å²) in [5, 5.41) is 2.75. The van der Waals surface area contributed by atoms with Crippen LogP contribution < -0.4 is 20.5 Å². The zero-order valence-corrected chi connectivity index (χ0v) is 13.7. The van der Waals surface area contributed by atoms with Crippen LogP contribution in [-0.4, -0.2) is 48.6 Å². The second-order valence-corrected chi connectivity index (χ2v) is 5.95. The van der Waals surface area contributed by atoms with Crippen LogP contribution in [0, 0.1) is 0 Å². The Morgan fingerprint density at radius 2 is 1.91 bits per heavy atom. The highest BCUT2D eigenvalue weighted by Gasteiger charge is 2.28. The summed E-state index contributed by atoms with van der Waals surface area (Å²) >= 11 is 0. The molecule has 0 bridgehead atoms. The molecule has 0 unspecified atom stereocenters. The van der Waals surface area contributed by atoms with Gasteiger partial charge in [0.1, 0.15) is 13.2 Å². The minimum Gasteiger partial charge on any atom is -0.486 e. The highest BCUT2D eigenvalue weighted by Crippen LogP contribution is 2.32. The van der Waals surface area contributed by atoms with Crippen LogP contribution in [0.25, 0.3) is 0 Å². The Morgan fingerprint density at radius 1 is 1.26 bits per heavy atom. The normalized spacial score (nSPS) is 13.4. The molecule has 1 heterocycles.